The summed E-state index contributed by atoms with van der Waals surface area (Å²) in [5, 5.41) is 0. The number of methoxy groups -OCH3 is 1. The molecular weight excluding hydrogens is 250 g/mol. The van der Waals surface area contributed by atoms with Crippen LogP contribution in [0.4, 0.5) is 0 Å². The number of hydrogen-bond acceptors (Lipinski definition) is 4. The minimum absolute atomic E-state index is 0.0368. The first-order valence-electron chi connectivity index (χ1n) is 7.38. The lowest BCUT2D eigenvalue weighted by molar-refractivity contribution is 0.139. The summed E-state index contributed by atoms with van der Waals surface area (Å²) >= 11 is 0. The van der Waals surface area contributed by atoms with E-state index < -0.39 is 0 Å². The van der Waals surface area contributed by atoms with Crippen LogP contribution in [-0.4, -0.2) is 56.7 Å². The zero-order valence-corrected chi connectivity index (χ0v) is 12.9. The van der Waals surface area contributed by atoms with Gasteiger partial charge in [0.25, 0.3) is 0 Å². The highest BCUT2D eigenvalue weighted by atomic mass is 16.5. The quantitative estimate of drug-likeness (QED) is 0.890. The average molecular weight is 277 g/mol. The molecule has 0 spiro atoms. The van der Waals surface area contributed by atoms with Crippen molar-refractivity contribution in [1.82, 2.24) is 9.80 Å². The lowest BCUT2D eigenvalue weighted by atomic mass is 10.0. The molecule has 4 heteroatoms. The van der Waals surface area contributed by atoms with E-state index in [1.54, 1.807) is 7.11 Å². The summed E-state index contributed by atoms with van der Waals surface area (Å²) < 4.78 is 5.26. The van der Waals surface area contributed by atoms with Gasteiger partial charge in [-0.2, -0.15) is 0 Å². The smallest absolute Gasteiger partial charge is 0.119 e. The molecule has 2 rings (SSSR count). The van der Waals surface area contributed by atoms with E-state index in [0.717, 1.165) is 17.9 Å². The van der Waals surface area contributed by atoms with Gasteiger partial charge >= 0.3 is 0 Å². The van der Waals surface area contributed by atoms with Crippen LogP contribution < -0.4 is 10.5 Å². The Morgan fingerprint density at radius 3 is 2.75 bits per heavy atom. The fourth-order valence-electron chi connectivity index (χ4n) is 2.87. The standard InChI is InChI=1S/C16H27N3O/c1-18-9-7-14(8-10-18)19(2)12-16(17)13-5-4-6-15(11-13)20-3/h4-6,11,14,16H,7-10,12,17H2,1-3H3. The maximum Gasteiger partial charge on any atom is 0.119 e. The normalized spacial score (nSPS) is 19.2. The van der Waals surface area contributed by atoms with Crippen LogP contribution in [0.3, 0.4) is 0 Å². The van der Waals surface area contributed by atoms with E-state index in [2.05, 4.69) is 30.0 Å². The van der Waals surface area contributed by atoms with Gasteiger partial charge in [0.2, 0.25) is 0 Å². The van der Waals surface area contributed by atoms with Gasteiger partial charge in [-0.05, 0) is 57.7 Å². The molecule has 1 aliphatic heterocycles. The average Bonchev–Trinajstić information content (AvgIpc) is 2.47. The van der Waals surface area contributed by atoms with Crippen molar-refractivity contribution >= 4 is 0 Å². The molecule has 1 atom stereocenters. The van der Waals surface area contributed by atoms with E-state index in [1.165, 1.54) is 25.9 Å². The van der Waals surface area contributed by atoms with E-state index >= 15 is 0 Å². The van der Waals surface area contributed by atoms with Gasteiger partial charge in [0.1, 0.15) is 5.75 Å². The van der Waals surface area contributed by atoms with E-state index in [9.17, 15) is 0 Å². The largest absolute Gasteiger partial charge is 0.497 e. The Balaban J connectivity index is 1.91. The second kappa shape index (κ2) is 7.07. The van der Waals surface area contributed by atoms with Gasteiger partial charge in [0, 0.05) is 18.6 Å². The number of piperidine rings is 1. The summed E-state index contributed by atoms with van der Waals surface area (Å²) in [7, 11) is 6.07. The number of rotatable bonds is 5. The first-order valence-corrected chi connectivity index (χ1v) is 7.38. The van der Waals surface area contributed by atoms with Gasteiger partial charge < -0.3 is 20.3 Å². The molecule has 0 aromatic heterocycles. The lowest BCUT2D eigenvalue weighted by Crippen LogP contribution is -2.44. The zero-order chi connectivity index (χ0) is 14.5. The second-order valence-corrected chi connectivity index (χ2v) is 5.86. The number of likely N-dealkylation sites (tertiary alicyclic amines) is 1. The van der Waals surface area contributed by atoms with E-state index in [0.29, 0.717) is 6.04 Å². The number of likely N-dealkylation sites (N-methyl/N-ethyl adjacent to an activating group) is 1. The molecule has 0 saturated carbocycles. The Labute approximate surface area is 122 Å². The summed E-state index contributed by atoms with van der Waals surface area (Å²) in [5.74, 6) is 0.875. The number of nitrogens with two attached hydrogens (primary N) is 1. The second-order valence-electron chi connectivity index (χ2n) is 5.86. The van der Waals surface area contributed by atoms with Gasteiger partial charge in [0.15, 0.2) is 0 Å². The molecule has 2 N–H and O–H groups in total. The lowest BCUT2D eigenvalue weighted by Gasteiger charge is -2.36. The fourth-order valence-corrected chi connectivity index (χ4v) is 2.87. The van der Waals surface area contributed by atoms with Gasteiger partial charge in [-0.1, -0.05) is 12.1 Å². The molecule has 1 aromatic rings. The Morgan fingerprint density at radius 2 is 2.10 bits per heavy atom. The van der Waals surface area contributed by atoms with Crippen molar-refractivity contribution in [3.63, 3.8) is 0 Å². The Hall–Kier alpha value is -1.10. The molecular formula is C16H27N3O. The zero-order valence-electron chi connectivity index (χ0n) is 12.9. The van der Waals surface area contributed by atoms with Crippen molar-refractivity contribution < 1.29 is 4.74 Å². The first-order chi connectivity index (χ1) is 9.60. The minimum Gasteiger partial charge on any atom is -0.497 e. The fraction of sp³-hybridized carbons (Fsp3) is 0.625. The number of hydrogen-bond donors (Lipinski definition) is 1. The van der Waals surface area contributed by atoms with Crippen LogP contribution in [0.15, 0.2) is 24.3 Å². The molecule has 1 heterocycles. The van der Waals surface area contributed by atoms with Gasteiger partial charge in [-0.15, -0.1) is 0 Å². The van der Waals surface area contributed by atoms with Gasteiger partial charge in [-0.3, -0.25) is 0 Å². The third-order valence-corrected chi connectivity index (χ3v) is 4.32. The van der Waals surface area contributed by atoms with Crippen LogP contribution in [0.5, 0.6) is 5.75 Å². The maximum atomic E-state index is 6.35. The molecule has 1 aromatic carbocycles. The van der Waals surface area contributed by atoms with Crippen LogP contribution in [0.25, 0.3) is 0 Å². The predicted octanol–water partition coefficient (Wildman–Crippen LogP) is 1.72. The highest BCUT2D eigenvalue weighted by Crippen LogP contribution is 2.20. The molecule has 1 fully saturated rings. The van der Waals surface area contributed by atoms with Crippen molar-refractivity contribution in [2.45, 2.75) is 24.9 Å². The topological polar surface area (TPSA) is 41.7 Å². The summed E-state index contributed by atoms with van der Waals surface area (Å²) in [4.78, 5) is 4.81. The number of nitrogens with zero attached hydrogens (tertiary/aromatic N) is 2. The van der Waals surface area contributed by atoms with E-state index in [1.807, 2.05) is 18.2 Å². The molecule has 0 radical (unpaired) electrons. The molecule has 1 unspecified atom stereocenters. The SMILES string of the molecule is COc1cccc(C(N)CN(C)C2CCN(C)CC2)c1. The van der Waals surface area contributed by atoms with Crippen LogP contribution in [0, 0.1) is 0 Å². The van der Waals surface area contributed by atoms with E-state index in [4.69, 9.17) is 10.5 Å². The highest BCUT2D eigenvalue weighted by molar-refractivity contribution is 5.30. The maximum absolute atomic E-state index is 6.35. The summed E-state index contributed by atoms with van der Waals surface area (Å²) in [6.45, 7) is 3.26. The monoisotopic (exact) mass is 277 g/mol. The van der Waals surface area contributed by atoms with Crippen molar-refractivity contribution in [2.75, 3.05) is 40.8 Å². The Kier molecular flexibility index (Phi) is 5.40. The summed E-state index contributed by atoms with van der Waals surface area (Å²) in [6.07, 6.45) is 2.47. The summed E-state index contributed by atoms with van der Waals surface area (Å²) in [6, 6.07) is 8.76. The molecule has 1 aliphatic rings. The van der Waals surface area contributed by atoms with Crippen molar-refractivity contribution in [3.8, 4) is 5.75 Å². The minimum atomic E-state index is 0.0368. The Bertz CT molecular complexity index is 416. The molecule has 112 valence electrons. The number of ether oxygens (including phenoxy) is 1. The van der Waals surface area contributed by atoms with Crippen molar-refractivity contribution in [2.24, 2.45) is 5.73 Å². The Morgan fingerprint density at radius 1 is 1.40 bits per heavy atom. The highest BCUT2D eigenvalue weighted by Gasteiger charge is 2.22. The molecule has 0 bridgehead atoms. The predicted molar refractivity (Wildman–Crippen MR) is 83.1 cm³/mol. The summed E-state index contributed by atoms with van der Waals surface area (Å²) in [5.41, 5.74) is 7.49. The van der Waals surface area contributed by atoms with Crippen LogP contribution in [0.1, 0.15) is 24.4 Å². The van der Waals surface area contributed by atoms with E-state index in [-0.39, 0.29) is 6.04 Å². The van der Waals surface area contributed by atoms with Crippen molar-refractivity contribution in [3.05, 3.63) is 29.8 Å². The van der Waals surface area contributed by atoms with Crippen molar-refractivity contribution in [1.29, 1.82) is 0 Å². The van der Waals surface area contributed by atoms with Crippen LogP contribution in [-0.2, 0) is 0 Å². The first kappa shape index (κ1) is 15.3. The molecule has 0 aliphatic carbocycles. The third-order valence-electron chi connectivity index (χ3n) is 4.32. The molecule has 4 nitrogen and oxygen atoms in total. The molecule has 20 heavy (non-hydrogen) atoms. The van der Waals surface area contributed by atoms with Crippen LogP contribution >= 0.6 is 0 Å². The van der Waals surface area contributed by atoms with Gasteiger partial charge in [-0.25, -0.2) is 0 Å². The number of benzene rings is 1. The third kappa shape index (κ3) is 3.95. The molecule has 0 amide bonds. The van der Waals surface area contributed by atoms with Crippen LogP contribution in [0.2, 0.25) is 0 Å². The molecule has 1 saturated heterocycles. The van der Waals surface area contributed by atoms with Gasteiger partial charge in [0.05, 0.1) is 7.11 Å².